The SMILES string of the molecule is O=C(CCCNC(=O)c1ccc(Cl)cc1)NNc1ccc(C(F)(F)F)cc1[N+](=O)[O-]. The molecule has 0 aromatic heterocycles. The highest BCUT2D eigenvalue weighted by molar-refractivity contribution is 6.30. The van der Waals surface area contributed by atoms with E-state index in [1.165, 1.54) is 0 Å². The van der Waals surface area contributed by atoms with Gasteiger partial charge in [-0.25, -0.2) is 0 Å². The number of amides is 2. The van der Waals surface area contributed by atoms with Gasteiger partial charge in [0.25, 0.3) is 11.6 Å². The molecule has 160 valence electrons. The van der Waals surface area contributed by atoms with E-state index in [-0.39, 0.29) is 31.0 Å². The van der Waals surface area contributed by atoms with Gasteiger partial charge in [-0.05, 0) is 42.8 Å². The van der Waals surface area contributed by atoms with Crippen LogP contribution < -0.4 is 16.2 Å². The molecule has 0 unspecified atom stereocenters. The third-order valence-corrected chi connectivity index (χ3v) is 4.08. The molecule has 8 nitrogen and oxygen atoms in total. The van der Waals surface area contributed by atoms with Gasteiger partial charge >= 0.3 is 6.18 Å². The summed E-state index contributed by atoms with van der Waals surface area (Å²) in [6.07, 6.45) is -4.51. The van der Waals surface area contributed by atoms with Crippen molar-refractivity contribution in [3.63, 3.8) is 0 Å². The highest BCUT2D eigenvalue weighted by atomic mass is 35.5. The first kappa shape index (κ1) is 22.9. The van der Waals surface area contributed by atoms with Crippen LogP contribution in [0.1, 0.15) is 28.8 Å². The number of nitrogens with one attached hydrogen (secondary N) is 3. The van der Waals surface area contributed by atoms with Gasteiger partial charge in [-0.15, -0.1) is 0 Å². The first-order valence-electron chi connectivity index (χ1n) is 8.52. The Labute approximate surface area is 173 Å². The second-order valence-electron chi connectivity index (χ2n) is 6.03. The first-order chi connectivity index (χ1) is 14.1. The van der Waals surface area contributed by atoms with E-state index in [1.807, 2.05) is 0 Å². The number of carbonyl (C=O) groups excluding carboxylic acids is 2. The highest BCUT2D eigenvalue weighted by Gasteiger charge is 2.33. The lowest BCUT2D eigenvalue weighted by Crippen LogP contribution is -2.31. The van der Waals surface area contributed by atoms with Crippen molar-refractivity contribution in [1.29, 1.82) is 0 Å². The maximum Gasteiger partial charge on any atom is 0.416 e. The van der Waals surface area contributed by atoms with Crippen LogP contribution in [-0.2, 0) is 11.0 Å². The monoisotopic (exact) mass is 444 g/mol. The Bertz CT molecular complexity index is 936. The third-order valence-electron chi connectivity index (χ3n) is 3.83. The summed E-state index contributed by atoms with van der Waals surface area (Å²) in [6.45, 7) is 0.190. The van der Waals surface area contributed by atoms with E-state index >= 15 is 0 Å². The van der Waals surface area contributed by atoms with Crippen molar-refractivity contribution in [2.75, 3.05) is 12.0 Å². The first-order valence-corrected chi connectivity index (χ1v) is 8.90. The molecule has 0 spiro atoms. The molecule has 2 amide bonds. The fourth-order valence-electron chi connectivity index (χ4n) is 2.32. The summed E-state index contributed by atoms with van der Waals surface area (Å²) in [6, 6.07) is 8.12. The lowest BCUT2D eigenvalue weighted by molar-refractivity contribution is -0.384. The summed E-state index contributed by atoms with van der Waals surface area (Å²) in [7, 11) is 0. The molecule has 0 aliphatic rings. The zero-order valence-corrected chi connectivity index (χ0v) is 16.0. The number of hydrogen-bond donors (Lipinski definition) is 3. The largest absolute Gasteiger partial charge is 0.416 e. The van der Waals surface area contributed by atoms with Gasteiger partial charge in [0, 0.05) is 29.6 Å². The minimum absolute atomic E-state index is 0.0394. The summed E-state index contributed by atoms with van der Waals surface area (Å²) < 4.78 is 38.1. The van der Waals surface area contributed by atoms with Crippen molar-refractivity contribution in [1.82, 2.24) is 10.7 Å². The van der Waals surface area contributed by atoms with Crippen LogP contribution in [0.15, 0.2) is 42.5 Å². The second-order valence-corrected chi connectivity index (χ2v) is 6.46. The molecule has 0 aliphatic carbocycles. The van der Waals surface area contributed by atoms with Gasteiger partial charge in [-0.2, -0.15) is 13.2 Å². The van der Waals surface area contributed by atoms with Gasteiger partial charge in [0.1, 0.15) is 5.69 Å². The summed E-state index contributed by atoms with van der Waals surface area (Å²) in [5, 5.41) is 14.1. The van der Waals surface area contributed by atoms with Crippen molar-refractivity contribution in [2.45, 2.75) is 19.0 Å². The lowest BCUT2D eigenvalue weighted by atomic mass is 10.1. The molecular weight excluding hydrogens is 429 g/mol. The number of halogens is 4. The van der Waals surface area contributed by atoms with Crippen molar-refractivity contribution in [3.8, 4) is 0 Å². The maximum absolute atomic E-state index is 12.7. The second kappa shape index (κ2) is 9.92. The normalized spacial score (nSPS) is 10.9. The molecule has 30 heavy (non-hydrogen) atoms. The average molecular weight is 445 g/mol. The number of rotatable bonds is 8. The number of hydrazine groups is 1. The van der Waals surface area contributed by atoms with E-state index in [0.717, 1.165) is 6.07 Å². The molecule has 2 rings (SSSR count). The number of carbonyl (C=O) groups is 2. The molecule has 0 saturated carbocycles. The quantitative estimate of drug-likeness (QED) is 0.324. The zero-order valence-electron chi connectivity index (χ0n) is 15.3. The van der Waals surface area contributed by atoms with E-state index < -0.39 is 28.3 Å². The Hall–Kier alpha value is -3.34. The predicted molar refractivity (Wildman–Crippen MR) is 103 cm³/mol. The van der Waals surface area contributed by atoms with Crippen LogP contribution in [-0.4, -0.2) is 23.3 Å². The topological polar surface area (TPSA) is 113 Å². The summed E-state index contributed by atoms with van der Waals surface area (Å²) in [5.74, 6) is -0.907. The Balaban J connectivity index is 1.81. The minimum atomic E-state index is -4.73. The molecule has 2 aromatic carbocycles. The van der Waals surface area contributed by atoms with E-state index in [2.05, 4.69) is 16.2 Å². The summed E-state index contributed by atoms with van der Waals surface area (Å²) in [5.41, 5.74) is 2.52. The molecular formula is C18H16ClF3N4O4. The predicted octanol–water partition coefficient (Wildman–Crippen LogP) is 3.92. The molecule has 0 aliphatic heterocycles. The van der Waals surface area contributed by atoms with Crippen LogP contribution in [0.25, 0.3) is 0 Å². The van der Waals surface area contributed by atoms with Gasteiger partial charge in [-0.1, -0.05) is 11.6 Å². The van der Waals surface area contributed by atoms with Crippen LogP contribution in [0, 0.1) is 10.1 Å². The zero-order chi connectivity index (χ0) is 22.3. The summed E-state index contributed by atoms with van der Waals surface area (Å²) in [4.78, 5) is 33.7. The number of alkyl halides is 3. The Kier molecular flexibility index (Phi) is 7.59. The van der Waals surface area contributed by atoms with E-state index in [9.17, 15) is 32.9 Å². The van der Waals surface area contributed by atoms with Crippen molar-refractivity contribution in [3.05, 3.63) is 68.7 Å². The average Bonchev–Trinajstić information content (AvgIpc) is 2.69. The van der Waals surface area contributed by atoms with Gasteiger partial charge in [0.05, 0.1) is 10.5 Å². The van der Waals surface area contributed by atoms with Crippen LogP contribution >= 0.6 is 11.6 Å². The van der Waals surface area contributed by atoms with Gasteiger partial charge in [-0.3, -0.25) is 30.6 Å². The lowest BCUT2D eigenvalue weighted by Gasteiger charge is -2.11. The standard InChI is InChI=1S/C18H16ClF3N4O4/c19-13-6-3-11(4-7-13)17(28)23-9-1-2-16(27)25-24-14-8-5-12(18(20,21)22)10-15(14)26(29)30/h3-8,10,24H,1-2,9H2,(H,23,28)(H,25,27). The summed E-state index contributed by atoms with van der Waals surface area (Å²) >= 11 is 5.74. The molecule has 3 N–H and O–H groups in total. The molecule has 0 bridgehead atoms. The number of hydrogen-bond acceptors (Lipinski definition) is 5. The number of nitro groups is 1. The van der Waals surface area contributed by atoms with Gasteiger partial charge in [0.15, 0.2) is 0 Å². The molecule has 12 heteroatoms. The number of nitrogens with zero attached hydrogens (tertiary/aromatic N) is 1. The number of nitro benzene ring substituents is 1. The van der Waals surface area contributed by atoms with Gasteiger partial charge < -0.3 is 5.32 Å². The molecule has 0 radical (unpaired) electrons. The number of anilines is 1. The van der Waals surface area contributed by atoms with Crippen molar-refractivity contribution >= 4 is 34.8 Å². The fourth-order valence-corrected chi connectivity index (χ4v) is 2.44. The van der Waals surface area contributed by atoms with Gasteiger partial charge in [0.2, 0.25) is 5.91 Å². The molecule has 2 aromatic rings. The fraction of sp³-hybridized carbons (Fsp3) is 0.222. The Morgan fingerprint density at radius 3 is 2.37 bits per heavy atom. The maximum atomic E-state index is 12.7. The third kappa shape index (κ3) is 6.62. The van der Waals surface area contributed by atoms with E-state index in [1.54, 1.807) is 24.3 Å². The van der Waals surface area contributed by atoms with E-state index in [4.69, 9.17) is 11.6 Å². The molecule has 0 fully saturated rings. The number of benzene rings is 2. The van der Waals surface area contributed by atoms with Crippen molar-refractivity contribution in [2.24, 2.45) is 0 Å². The minimum Gasteiger partial charge on any atom is -0.352 e. The van der Waals surface area contributed by atoms with Crippen LogP contribution in [0.3, 0.4) is 0 Å². The van der Waals surface area contributed by atoms with Crippen LogP contribution in [0.2, 0.25) is 5.02 Å². The Morgan fingerprint density at radius 2 is 1.77 bits per heavy atom. The Morgan fingerprint density at radius 1 is 1.10 bits per heavy atom. The van der Waals surface area contributed by atoms with Crippen LogP contribution in [0.5, 0.6) is 0 Å². The van der Waals surface area contributed by atoms with E-state index in [0.29, 0.717) is 22.7 Å². The van der Waals surface area contributed by atoms with Crippen molar-refractivity contribution < 1.29 is 27.7 Å². The molecule has 0 atom stereocenters. The smallest absolute Gasteiger partial charge is 0.352 e. The van der Waals surface area contributed by atoms with Crippen LogP contribution in [0.4, 0.5) is 24.5 Å². The highest BCUT2D eigenvalue weighted by Crippen LogP contribution is 2.34. The molecule has 0 heterocycles. The molecule has 0 saturated heterocycles.